The van der Waals surface area contributed by atoms with Crippen molar-refractivity contribution in [3.05, 3.63) is 24.8 Å². The van der Waals surface area contributed by atoms with Crippen LogP contribution in [0.4, 0.5) is 0 Å². The SMILES string of the molecule is C=CC(C)(C)C(/C=C/C(=O)OCC)SC. The van der Waals surface area contributed by atoms with E-state index in [-0.39, 0.29) is 16.6 Å². The molecule has 0 aliphatic carbocycles. The maximum Gasteiger partial charge on any atom is 0.330 e. The van der Waals surface area contributed by atoms with Gasteiger partial charge in [-0.2, -0.15) is 11.8 Å². The molecule has 0 aromatic heterocycles. The Morgan fingerprint density at radius 3 is 2.60 bits per heavy atom. The van der Waals surface area contributed by atoms with Crippen LogP contribution in [-0.2, 0) is 9.53 Å². The molecule has 0 aliphatic heterocycles. The highest BCUT2D eigenvalue weighted by molar-refractivity contribution is 7.99. The fourth-order valence-corrected chi connectivity index (χ4v) is 2.04. The second-order valence-corrected chi connectivity index (χ2v) is 4.77. The zero-order valence-corrected chi connectivity index (χ0v) is 10.8. The normalized spacial score (nSPS) is 13.9. The number of esters is 1. The molecular weight excluding hydrogens is 208 g/mol. The van der Waals surface area contributed by atoms with Gasteiger partial charge in [0.05, 0.1) is 6.61 Å². The molecule has 0 aliphatic rings. The van der Waals surface area contributed by atoms with Crippen LogP contribution in [-0.4, -0.2) is 24.1 Å². The lowest BCUT2D eigenvalue weighted by Gasteiger charge is -2.27. The van der Waals surface area contributed by atoms with Gasteiger partial charge in [0.1, 0.15) is 0 Å². The number of rotatable bonds is 6. The first-order valence-electron chi connectivity index (χ1n) is 4.99. The molecule has 0 N–H and O–H groups in total. The number of hydrogen-bond donors (Lipinski definition) is 0. The average Bonchev–Trinajstić information content (AvgIpc) is 2.19. The van der Waals surface area contributed by atoms with Crippen molar-refractivity contribution in [1.82, 2.24) is 0 Å². The Kier molecular flexibility index (Phi) is 6.41. The standard InChI is InChI=1S/C12H20O2S/c1-6-12(3,4)10(15-5)8-9-11(13)14-7-2/h6,8-10H,1,7H2,2-5H3/b9-8+. The molecule has 0 saturated heterocycles. The van der Waals surface area contributed by atoms with Crippen LogP contribution in [0.25, 0.3) is 0 Å². The van der Waals surface area contributed by atoms with Gasteiger partial charge in [0, 0.05) is 11.3 Å². The van der Waals surface area contributed by atoms with Crippen molar-refractivity contribution in [2.45, 2.75) is 26.0 Å². The third kappa shape index (κ3) is 5.07. The van der Waals surface area contributed by atoms with E-state index in [0.29, 0.717) is 6.61 Å². The maximum atomic E-state index is 11.1. The number of hydrogen-bond acceptors (Lipinski definition) is 3. The zero-order valence-electron chi connectivity index (χ0n) is 9.95. The van der Waals surface area contributed by atoms with Gasteiger partial charge in [0.25, 0.3) is 0 Å². The molecule has 0 heterocycles. The Bertz CT molecular complexity index is 244. The van der Waals surface area contributed by atoms with Gasteiger partial charge in [-0.1, -0.05) is 26.0 Å². The first-order valence-corrected chi connectivity index (χ1v) is 6.28. The lowest BCUT2D eigenvalue weighted by Crippen LogP contribution is -2.22. The van der Waals surface area contributed by atoms with Crippen LogP contribution < -0.4 is 0 Å². The van der Waals surface area contributed by atoms with E-state index < -0.39 is 0 Å². The summed E-state index contributed by atoms with van der Waals surface area (Å²) in [5, 5.41) is 0.236. The largest absolute Gasteiger partial charge is 0.463 e. The molecule has 1 atom stereocenters. The summed E-state index contributed by atoms with van der Waals surface area (Å²) in [6.45, 7) is 10.2. The third-order valence-corrected chi connectivity index (χ3v) is 3.48. The van der Waals surface area contributed by atoms with Crippen LogP contribution in [0.15, 0.2) is 24.8 Å². The van der Waals surface area contributed by atoms with E-state index in [4.69, 9.17) is 4.74 Å². The minimum atomic E-state index is -0.281. The summed E-state index contributed by atoms with van der Waals surface area (Å²) < 4.78 is 4.82. The average molecular weight is 228 g/mol. The molecule has 0 radical (unpaired) electrons. The van der Waals surface area contributed by atoms with Crippen LogP contribution in [0.3, 0.4) is 0 Å². The molecule has 0 saturated carbocycles. The topological polar surface area (TPSA) is 26.3 Å². The van der Waals surface area contributed by atoms with Crippen molar-refractivity contribution in [1.29, 1.82) is 0 Å². The van der Waals surface area contributed by atoms with Gasteiger partial charge >= 0.3 is 5.97 Å². The summed E-state index contributed by atoms with van der Waals surface area (Å²) in [5.74, 6) is -0.281. The minimum absolute atomic E-state index is 0.0254. The number of allylic oxidation sites excluding steroid dienone is 1. The summed E-state index contributed by atoms with van der Waals surface area (Å²) in [7, 11) is 0. The van der Waals surface area contributed by atoms with Gasteiger partial charge in [0.15, 0.2) is 0 Å². The summed E-state index contributed by atoms with van der Waals surface area (Å²) in [4.78, 5) is 11.1. The van der Waals surface area contributed by atoms with Gasteiger partial charge in [-0.05, 0) is 18.6 Å². The Balaban J connectivity index is 4.45. The predicted molar refractivity (Wildman–Crippen MR) is 67.1 cm³/mol. The van der Waals surface area contributed by atoms with Crippen LogP contribution in [0, 0.1) is 5.41 Å². The summed E-state index contributed by atoms with van der Waals surface area (Å²) in [5.41, 5.74) is -0.0254. The smallest absolute Gasteiger partial charge is 0.330 e. The van der Waals surface area contributed by atoms with Crippen molar-refractivity contribution in [2.24, 2.45) is 5.41 Å². The van der Waals surface area contributed by atoms with E-state index in [2.05, 4.69) is 20.4 Å². The van der Waals surface area contributed by atoms with E-state index in [1.54, 1.807) is 18.7 Å². The molecule has 86 valence electrons. The summed E-state index contributed by atoms with van der Waals surface area (Å²) in [6.07, 6.45) is 7.30. The molecule has 0 fully saturated rings. The Hall–Kier alpha value is -0.700. The molecule has 0 aromatic rings. The third-order valence-electron chi connectivity index (χ3n) is 2.21. The highest BCUT2D eigenvalue weighted by Crippen LogP contribution is 2.31. The quantitative estimate of drug-likeness (QED) is 0.397. The second-order valence-electron chi connectivity index (χ2n) is 3.79. The first kappa shape index (κ1) is 14.3. The molecule has 0 bridgehead atoms. The number of carbonyl (C=O) groups excluding carboxylic acids is 1. The van der Waals surface area contributed by atoms with Gasteiger partial charge in [0.2, 0.25) is 0 Å². The van der Waals surface area contributed by atoms with E-state index in [0.717, 1.165) is 0 Å². The van der Waals surface area contributed by atoms with Crippen LogP contribution in [0.5, 0.6) is 0 Å². The van der Waals surface area contributed by atoms with E-state index in [1.807, 2.05) is 18.4 Å². The molecule has 0 aromatic carbocycles. The van der Waals surface area contributed by atoms with E-state index in [9.17, 15) is 4.79 Å². The van der Waals surface area contributed by atoms with Crippen LogP contribution in [0.1, 0.15) is 20.8 Å². The Morgan fingerprint density at radius 1 is 1.60 bits per heavy atom. The van der Waals surface area contributed by atoms with Gasteiger partial charge < -0.3 is 4.74 Å². The van der Waals surface area contributed by atoms with Crippen molar-refractivity contribution in [2.75, 3.05) is 12.9 Å². The van der Waals surface area contributed by atoms with Gasteiger partial charge in [-0.25, -0.2) is 4.79 Å². The van der Waals surface area contributed by atoms with Crippen molar-refractivity contribution >= 4 is 17.7 Å². The van der Waals surface area contributed by atoms with Gasteiger partial charge in [-0.3, -0.25) is 0 Å². The lowest BCUT2D eigenvalue weighted by atomic mass is 9.89. The molecule has 2 nitrogen and oxygen atoms in total. The Labute approximate surface area is 96.8 Å². The van der Waals surface area contributed by atoms with Crippen LogP contribution in [0.2, 0.25) is 0 Å². The summed E-state index contributed by atoms with van der Waals surface area (Å²) in [6, 6.07) is 0. The Morgan fingerprint density at radius 2 is 2.20 bits per heavy atom. The van der Waals surface area contributed by atoms with Gasteiger partial charge in [-0.15, -0.1) is 6.58 Å². The van der Waals surface area contributed by atoms with Crippen molar-refractivity contribution < 1.29 is 9.53 Å². The van der Waals surface area contributed by atoms with E-state index >= 15 is 0 Å². The molecule has 15 heavy (non-hydrogen) atoms. The zero-order chi connectivity index (χ0) is 11.9. The molecule has 3 heteroatoms. The number of thioether (sulfide) groups is 1. The molecule has 0 amide bonds. The molecule has 1 unspecified atom stereocenters. The molecule has 0 rings (SSSR count). The van der Waals surface area contributed by atoms with Crippen LogP contribution >= 0.6 is 11.8 Å². The highest BCUT2D eigenvalue weighted by Gasteiger charge is 2.23. The first-order chi connectivity index (χ1) is 6.97. The van der Waals surface area contributed by atoms with Crippen molar-refractivity contribution in [3.8, 4) is 0 Å². The maximum absolute atomic E-state index is 11.1. The monoisotopic (exact) mass is 228 g/mol. The lowest BCUT2D eigenvalue weighted by molar-refractivity contribution is -0.137. The summed E-state index contributed by atoms with van der Waals surface area (Å²) >= 11 is 1.70. The predicted octanol–water partition coefficient (Wildman–Crippen LogP) is 3.05. The van der Waals surface area contributed by atoms with Crippen molar-refractivity contribution in [3.63, 3.8) is 0 Å². The molecule has 0 spiro atoms. The highest BCUT2D eigenvalue weighted by atomic mass is 32.2. The number of ether oxygens (including phenoxy) is 1. The van der Waals surface area contributed by atoms with E-state index in [1.165, 1.54) is 6.08 Å². The molecular formula is C12H20O2S. The fourth-order valence-electron chi connectivity index (χ4n) is 1.10. The minimum Gasteiger partial charge on any atom is -0.463 e. The number of carbonyl (C=O) groups is 1. The second kappa shape index (κ2) is 6.72. The fraction of sp³-hybridized carbons (Fsp3) is 0.583.